The molecule has 0 aromatic rings. The van der Waals surface area contributed by atoms with Gasteiger partial charge in [-0.3, -0.25) is 4.90 Å². The van der Waals surface area contributed by atoms with Crippen LogP contribution in [0.1, 0.15) is 13.8 Å². The number of hydrogen-bond donors (Lipinski definition) is 4. The van der Waals surface area contributed by atoms with Crippen molar-refractivity contribution in [1.82, 2.24) is 20.4 Å². The first kappa shape index (κ1) is 22.7. The van der Waals surface area contributed by atoms with E-state index in [2.05, 4.69) is 20.5 Å². The van der Waals surface area contributed by atoms with Gasteiger partial charge in [-0.15, -0.1) is 0 Å². The fraction of sp³-hybridized carbons (Fsp3) is 0.429. The maximum atomic E-state index is 12.6. The van der Waals surface area contributed by atoms with E-state index in [-0.39, 0.29) is 5.92 Å². The maximum Gasteiger partial charge on any atom is 0.401 e. The molecular formula is C21H28F3N7. The lowest BCUT2D eigenvalue weighted by Gasteiger charge is -2.38. The first-order valence-corrected chi connectivity index (χ1v) is 10.1. The summed E-state index contributed by atoms with van der Waals surface area (Å²) in [6, 6.07) is 0. The van der Waals surface area contributed by atoms with Crippen LogP contribution in [0.5, 0.6) is 0 Å². The first-order valence-electron chi connectivity index (χ1n) is 10.1. The molecule has 5 N–H and O–H groups in total. The number of piperazine rings is 1. The minimum Gasteiger partial charge on any atom is -0.384 e. The molecule has 0 amide bonds. The lowest BCUT2D eigenvalue weighted by molar-refractivity contribution is -0.148. The molecule has 0 unspecified atom stereocenters. The number of halogens is 3. The number of nitrogens with two attached hydrogens (primary N) is 1. The molecule has 0 saturated carbocycles. The van der Waals surface area contributed by atoms with Crippen LogP contribution in [0.4, 0.5) is 13.2 Å². The molecule has 0 spiro atoms. The average molecular weight is 435 g/mol. The van der Waals surface area contributed by atoms with E-state index in [0.717, 1.165) is 22.7 Å². The number of nitrogens with zero attached hydrogens (tertiary/aromatic N) is 3. The van der Waals surface area contributed by atoms with Gasteiger partial charge in [0.25, 0.3) is 0 Å². The standard InChI is InChI=1S/C21H28F3N7/c1-14(2)15(11-25)9-19(26)29-20-4-3-17-18(28-20)10-16(12-27-17)31-7-5-30(6-8-31)13-21(22,23)24/h3-4,9-12,14,25,27-28H,5-8,13H2,1-2H3,(H2,26,29). The van der Waals surface area contributed by atoms with E-state index in [1.807, 2.05) is 32.2 Å². The van der Waals surface area contributed by atoms with Crippen LogP contribution in [0.2, 0.25) is 0 Å². The van der Waals surface area contributed by atoms with Crippen molar-refractivity contribution in [3.63, 3.8) is 0 Å². The van der Waals surface area contributed by atoms with E-state index in [0.29, 0.717) is 37.8 Å². The fourth-order valence-electron chi connectivity index (χ4n) is 3.46. The Labute approximate surface area is 180 Å². The Kier molecular flexibility index (Phi) is 6.89. The number of allylic oxidation sites excluding steroid dienone is 4. The van der Waals surface area contributed by atoms with E-state index in [9.17, 15) is 13.2 Å². The molecule has 168 valence electrons. The maximum absolute atomic E-state index is 12.6. The predicted molar refractivity (Wildman–Crippen MR) is 116 cm³/mol. The van der Waals surface area contributed by atoms with Crippen molar-refractivity contribution < 1.29 is 13.2 Å². The predicted octanol–water partition coefficient (Wildman–Crippen LogP) is 2.41. The topological polar surface area (TPSA) is 92.8 Å². The van der Waals surface area contributed by atoms with Gasteiger partial charge in [-0.05, 0) is 35.8 Å². The second kappa shape index (κ2) is 9.42. The largest absolute Gasteiger partial charge is 0.401 e. The van der Waals surface area contributed by atoms with Crippen LogP contribution in [0.3, 0.4) is 0 Å². The van der Waals surface area contributed by atoms with Crippen molar-refractivity contribution in [2.75, 3.05) is 32.7 Å². The van der Waals surface area contributed by atoms with E-state index in [4.69, 9.17) is 11.1 Å². The van der Waals surface area contributed by atoms with Crippen molar-refractivity contribution in [3.05, 3.63) is 59.0 Å². The van der Waals surface area contributed by atoms with Gasteiger partial charge < -0.3 is 26.7 Å². The number of rotatable bonds is 6. The number of nitrogens with one attached hydrogen (secondary N) is 3. The van der Waals surface area contributed by atoms with Crippen molar-refractivity contribution in [2.24, 2.45) is 16.6 Å². The van der Waals surface area contributed by atoms with Crippen molar-refractivity contribution in [1.29, 1.82) is 5.41 Å². The molecule has 31 heavy (non-hydrogen) atoms. The van der Waals surface area contributed by atoms with Gasteiger partial charge in [0.15, 0.2) is 0 Å². The zero-order valence-corrected chi connectivity index (χ0v) is 17.6. The molecule has 0 aromatic heterocycles. The number of fused-ring (bicyclic) bond motifs is 1. The minimum atomic E-state index is -4.17. The quantitative estimate of drug-likeness (QED) is 0.380. The van der Waals surface area contributed by atoms with Crippen LogP contribution >= 0.6 is 0 Å². The number of hydrogen-bond acceptors (Lipinski definition) is 6. The molecule has 3 heterocycles. The second-order valence-electron chi connectivity index (χ2n) is 7.89. The third kappa shape index (κ3) is 6.24. The third-order valence-electron chi connectivity index (χ3n) is 5.17. The number of alkyl halides is 3. The molecule has 0 bridgehead atoms. The van der Waals surface area contributed by atoms with Crippen LogP contribution in [0.25, 0.3) is 0 Å². The monoisotopic (exact) mass is 435 g/mol. The van der Waals surface area contributed by atoms with Gasteiger partial charge in [0, 0.05) is 38.6 Å². The molecule has 1 fully saturated rings. The van der Waals surface area contributed by atoms with Crippen molar-refractivity contribution in [3.8, 4) is 0 Å². The van der Waals surface area contributed by atoms with Crippen LogP contribution in [0.15, 0.2) is 64.0 Å². The highest BCUT2D eigenvalue weighted by Crippen LogP contribution is 2.23. The minimum absolute atomic E-state index is 0.167. The molecular weight excluding hydrogens is 407 g/mol. The molecule has 0 radical (unpaired) electrons. The summed E-state index contributed by atoms with van der Waals surface area (Å²) in [5.74, 6) is 1.03. The first-order chi connectivity index (χ1) is 14.6. The summed E-state index contributed by atoms with van der Waals surface area (Å²) in [5, 5.41) is 13.9. The van der Waals surface area contributed by atoms with E-state index < -0.39 is 12.7 Å². The molecule has 0 aliphatic carbocycles. The summed E-state index contributed by atoms with van der Waals surface area (Å²) in [6.07, 6.45) is 6.27. The smallest absolute Gasteiger partial charge is 0.384 e. The summed E-state index contributed by atoms with van der Waals surface area (Å²) in [6.45, 7) is 4.85. The zero-order chi connectivity index (χ0) is 22.6. The number of dihydropyridines is 2. The Bertz CT molecular complexity index is 883. The second-order valence-corrected chi connectivity index (χ2v) is 7.89. The summed E-state index contributed by atoms with van der Waals surface area (Å²) in [5.41, 5.74) is 9.38. The molecule has 3 rings (SSSR count). The summed E-state index contributed by atoms with van der Waals surface area (Å²) < 4.78 is 37.8. The van der Waals surface area contributed by atoms with Gasteiger partial charge in [0.1, 0.15) is 11.7 Å². The summed E-state index contributed by atoms with van der Waals surface area (Å²) >= 11 is 0. The molecule has 7 nitrogen and oxygen atoms in total. The molecule has 1 saturated heterocycles. The van der Waals surface area contributed by atoms with Crippen LogP contribution in [-0.4, -0.2) is 60.8 Å². The fourth-order valence-corrected chi connectivity index (χ4v) is 3.46. The van der Waals surface area contributed by atoms with Crippen molar-refractivity contribution in [2.45, 2.75) is 20.0 Å². The number of amidine groups is 1. The van der Waals surface area contributed by atoms with E-state index in [1.165, 1.54) is 11.1 Å². The highest BCUT2D eigenvalue weighted by molar-refractivity contribution is 5.97. The Hall–Kier alpha value is -3.01. The highest BCUT2D eigenvalue weighted by Gasteiger charge is 2.32. The molecule has 0 aromatic carbocycles. The third-order valence-corrected chi connectivity index (χ3v) is 5.17. The summed E-state index contributed by atoms with van der Waals surface area (Å²) in [4.78, 5) is 7.87. The van der Waals surface area contributed by atoms with Gasteiger partial charge in [0.05, 0.1) is 23.6 Å². The van der Waals surface area contributed by atoms with Gasteiger partial charge in [-0.1, -0.05) is 13.8 Å². The van der Waals surface area contributed by atoms with Gasteiger partial charge in [-0.2, -0.15) is 13.2 Å². The lowest BCUT2D eigenvalue weighted by Crippen LogP contribution is -2.49. The van der Waals surface area contributed by atoms with Crippen molar-refractivity contribution >= 4 is 12.1 Å². The average Bonchev–Trinajstić information content (AvgIpc) is 2.70. The Morgan fingerprint density at radius 3 is 2.55 bits per heavy atom. The van der Waals surface area contributed by atoms with Gasteiger partial charge >= 0.3 is 6.18 Å². The highest BCUT2D eigenvalue weighted by atomic mass is 19.4. The molecule has 0 atom stereocenters. The van der Waals surface area contributed by atoms with Crippen LogP contribution < -0.4 is 16.4 Å². The normalized spacial score (nSPS) is 20.8. The Morgan fingerprint density at radius 1 is 1.23 bits per heavy atom. The zero-order valence-electron chi connectivity index (χ0n) is 17.6. The van der Waals surface area contributed by atoms with Crippen LogP contribution in [0, 0.1) is 11.3 Å². The molecule has 3 aliphatic rings. The number of aliphatic imine (C=N–C) groups is 1. The lowest BCUT2D eigenvalue weighted by atomic mass is 10.0. The molecule has 10 heteroatoms. The van der Waals surface area contributed by atoms with E-state index in [1.54, 1.807) is 12.2 Å². The SMILES string of the molecule is CC(C)C(C=N)=CC(N)=NC1=CC=C2NC=C(N3CCN(CC(F)(F)F)CC3)C=C2N1. The summed E-state index contributed by atoms with van der Waals surface area (Å²) in [7, 11) is 0. The van der Waals surface area contributed by atoms with E-state index >= 15 is 0 Å². The van der Waals surface area contributed by atoms with Crippen LogP contribution in [-0.2, 0) is 0 Å². The van der Waals surface area contributed by atoms with Gasteiger partial charge in [-0.25, -0.2) is 4.99 Å². The van der Waals surface area contributed by atoms with Gasteiger partial charge in [0.2, 0.25) is 0 Å². The Morgan fingerprint density at radius 2 is 1.94 bits per heavy atom. The Balaban J connectivity index is 1.64. The molecule has 3 aliphatic heterocycles.